The van der Waals surface area contributed by atoms with E-state index in [1.165, 1.54) is 24.3 Å². The van der Waals surface area contributed by atoms with Gasteiger partial charge < -0.3 is 5.73 Å². The molecule has 0 aromatic heterocycles. The fourth-order valence-electron chi connectivity index (χ4n) is 1.02. The van der Waals surface area contributed by atoms with E-state index in [4.69, 9.17) is 11.1 Å². The molecule has 0 aliphatic carbocycles. The minimum absolute atomic E-state index is 0.106. The molecule has 0 radical (unpaired) electrons. The van der Waals surface area contributed by atoms with Crippen molar-refractivity contribution in [2.45, 2.75) is 12.3 Å². The molecule has 0 atom stereocenters. The van der Waals surface area contributed by atoms with E-state index in [0.717, 1.165) is 0 Å². The summed E-state index contributed by atoms with van der Waals surface area (Å²) >= 11 is 0. The Morgan fingerprint density at radius 2 is 1.85 bits per heavy atom. The van der Waals surface area contributed by atoms with Gasteiger partial charge in [0.15, 0.2) is 0 Å². The number of alkyl halides is 2. The first-order valence-corrected chi connectivity index (χ1v) is 3.78. The lowest BCUT2D eigenvalue weighted by Gasteiger charge is -2.15. The highest BCUT2D eigenvalue weighted by molar-refractivity contribution is 5.77. The van der Waals surface area contributed by atoms with E-state index in [1.54, 1.807) is 6.07 Å². The number of hydrogen-bond acceptors (Lipinski definition) is 1. The van der Waals surface area contributed by atoms with Crippen molar-refractivity contribution in [3.05, 3.63) is 35.9 Å². The van der Waals surface area contributed by atoms with Gasteiger partial charge in [-0.2, -0.15) is 0 Å². The van der Waals surface area contributed by atoms with Crippen LogP contribution >= 0.6 is 0 Å². The van der Waals surface area contributed by atoms with E-state index in [2.05, 4.69) is 0 Å². The second-order valence-electron chi connectivity index (χ2n) is 2.77. The summed E-state index contributed by atoms with van der Waals surface area (Å²) in [6.45, 7) is 0. The van der Waals surface area contributed by atoms with Crippen LogP contribution in [0.25, 0.3) is 0 Å². The van der Waals surface area contributed by atoms with Gasteiger partial charge >= 0.3 is 0 Å². The van der Waals surface area contributed by atoms with Crippen LogP contribution in [0.5, 0.6) is 0 Å². The van der Waals surface area contributed by atoms with Gasteiger partial charge in [-0.15, -0.1) is 0 Å². The molecule has 0 saturated carbocycles. The molecule has 0 amide bonds. The average Bonchev–Trinajstić information content (AvgIpc) is 2.04. The predicted octanol–water partition coefficient (Wildman–Crippen LogP) is 2.10. The van der Waals surface area contributed by atoms with Crippen LogP contribution < -0.4 is 5.73 Å². The van der Waals surface area contributed by atoms with E-state index in [1.807, 2.05) is 0 Å². The molecule has 4 heteroatoms. The summed E-state index contributed by atoms with van der Waals surface area (Å²) in [5.41, 5.74) is 4.81. The Morgan fingerprint density at radius 1 is 1.31 bits per heavy atom. The first kappa shape index (κ1) is 9.64. The molecule has 70 valence electrons. The largest absolute Gasteiger partial charge is 0.387 e. The van der Waals surface area contributed by atoms with Crippen molar-refractivity contribution < 1.29 is 8.78 Å². The third-order valence-electron chi connectivity index (χ3n) is 1.61. The lowest BCUT2D eigenvalue weighted by molar-refractivity contribution is 0.00347. The van der Waals surface area contributed by atoms with Gasteiger partial charge in [0.25, 0.3) is 5.92 Å². The van der Waals surface area contributed by atoms with Crippen LogP contribution in [0.2, 0.25) is 0 Å². The normalized spacial score (nSPS) is 11.2. The molecule has 2 nitrogen and oxygen atoms in total. The summed E-state index contributed by atoms with van der Waals surface area (Å²) in [5, 5.41) is 6.80. The third kappa shape index (κ3) is 2.50. The second-order valence-corrected chi connectivity index (χ2v) is 2.77. The smallest absolute Gasteiger partial charge is 0.280 e. The molecule has 0 aliphatic heterocycles. The molecule has 3 N–H and O–H groups in total. The fourth-order valence-corrected chi connectivity index (χ4v) is 1.02. The van der Waals surface area contributed by atoms with Crippen LogP contribution in [0.3, 0.4) is 0 Å². The summed E-state index contributed by atoms with van der Waals surface area (Å²) in [7, 11) is 0. The zero-order valence-corrected chi connectivity index (χ0v) is 6.93. The van der Waals surface area contributed by atoms with Crippen molar-refractivity contribution in [1.29, 1.82) is 5.41 Å². The van der Waals surface area contributed by atoms with Crippen LogP contribution in [0.15, 0.2) is 30.3 Å². The average molecular weight is 184 g/mol. The molecule has 0 bridgehead atoms. The zero-order chi connectivity index (χ0) is 9.90. The van der Waals surface area contributed by atoms with Gasteiger partial charge in [0.05, 0.1) is 12.3 Å². The zero-order valence-electron chi connectivity index (χ0n) is 6.93. The Kier molecular flexibility index (Phi) is 2.60. The van der Waals surface area contributed by atoms with Crippen LogP contribution in [-0.2, 0) is 5.92 Å². The molecule has 0 unspecified atom stereocenters. The molecule has 0 heterocycles. The van der Waals surface area contributed by atoms with E-state index in [-0.39, 0.29) is 5.56 Å². The SMILES string of the molecule is N=C(N)CC(F)(F)c1ccccc1. The maximum absolute atomic E-state index is 13.2. The molecule has 1 rings (SSSR count). The molecule has 0 fully saturated rings. The monoisotopic (exact) mass is 184 g/mol. The first-order chi connectivity index (χ1) is 6.02. The molecule has 0 saturated heterocycles. The molecule has 1 aromatic carbocycles. The molecule has 13 heavy (non-hydrogen) atoms. The molecular formula is C9H10F2N2. The predicted molar refractivity (Wildman–Crippen MR) is 46.9 cm³/mol. The van der Waals surface area contributed by atoms with Crippen molar-refractivity contribution in [1.82, 2.24) is 0 Å². The minimum Gasteiger partial charge on any atom is -0.387 e. The van der Waals surface area contributed by atoms with Gasteiger partial charge in [0.1, 0.15) is 0 Å². The van der Waals surface area contributed by atoms with Crippen molar-refractivity contribution in [2.24, 2.45) is 5.73 Å². The second kappa shape index (κ2) is 3.51. The van der Waals surface area contributed by atoms with Crippen LogP contribution in [0.1, 0.15) is 12.0 Å². The highest BCUT2D eigenvalue weighted by Crippen LogP contribution is 2.30. The molecule has 1 aromatic rings. The highest BCUT2D eigenvalue weighted by atomic mass is 19.3. The maximum atomic E-state index is 13.2. The lowest BCUT2D eigenvalue weighted by atomic mass is 10.1. The number of benzene rings is 1. The van der Waals surface area contributed by atoms with E-state index in [9.17, 15) is 8.78 Å². The Bertz CT molecular complexity index is 296. The fraction of sp³-hybridized carbons (Fsp3) is 0.222. The Balaban J connectivity index is 2.87. The first-order valence-electron chi connectivity index (χ1n) is 3.78. The number of amidine groups is 1. The van der Waals surface area contributed by atoms with E-state index >= 15 is 0 Å². The molecular weight excluding hydrogens is 174 g/mol. The minimum atomic E-state index is -3.03. The highest BCUT2D eigenvalue weighted by Gasteiger charge is 2.31. The van der Waals surface area contributed by atoms with Gasteiger partial charge in [-0.05, 0) is 0 Å². The molecule has 0 aliphatic rings. The van der Waals surface area contributed by atoms with Gasteiger partial charge in [0, 0.05) is 5.56 Å². The Hall–Kier alpha value is -1.45. The van der Waals surface area contributed by atoms with Crippen molar-refractivity contribution in [3.63, 3.8) is 0 Å². The number of nitrogens with two attached hydrogens (primary N) is 1. The quantitative estimate of drug-likeness (QED) is 0.548. The Labute approximate surface area is 74.9 Å². The summed E-state index contributed by atoms with van der Waals surface area (Å²) < 4.78 is 26.4. The lowest BCUT2D eigenvalue weighted by Crippen LogP contribution is -2.23. The summed E-state index contributed by atoms with van der Waals surface area (Å²) in [6.07, 6.45) is -0.725. The maximum Gasteiger partial charge on any atom is 0.280 e. The van der Waals surface area contributed by atoms with Crippen LogP contribution in [0.4, 0.5) is 8.78 Å². The van der Waals surface area contributed by atoms with Gasteiger partial charge in [-0.1, -0.05) is 30.3 Å². The van der Waals surface area contributed by atoms with Crippen molar-refractivity contribution >= 4 is 5.84 Å². The topological polar surface area (TPSA) is 49.9 Å². The van der Waals surface area contributed by atoms with Gasteiger partial charge in [-0.25, -0.2) is 8.78 Å². The van der Waals surface area contributed by atoms with E-state index in [0.29, 0.717) is 0 Å². The van der Waals surface area contributed by atoms with Gasteiger partial charge in [0.2, 0.25) is 0 Å². The standard InChI is InChI=1S/C9H10F2N2/c10-9(11,6-8(12)13)7-4-2-1-3-5-7/h1-5H,6H2,(H3,12,13). The molecule has 0 spiro atoms. The van der Waals surface area contributed by atoms with Crippen LogP contribution in [0, 0.1) is 5.41 Å². The summed E-state index contributed by atoms with van der Waals surface area (Å²) in [4.78, 5) is 0. The number of nitrogens with one attached hydrogen (secondary N) is 1. The summed E-state index contributed by atoms with van der Waals surface area (Å²) in [6, 6.07) is 7.37. The van der Waals surface area contributed by atoms with Crippen molar-refractivity contribution in [3.8, 4) is 0 Å². The van der Waals surface area contributed by atoms with Gasteiger partial charge in [-0.3, -0.25) is 5.41 Å². The third-order valence-corrected chi connectivity index (χ3v) is 1.61. The van der Waals surface area contributed by atoms with E-state index < -0.39 is 18.2 Å². The number of halogens is 2. The van der Waals surface area contributed by atoms with Crippen molar-refractivity contribution in [2.75, 3.05) is 0 Å². The summed E-state index contributed by atoms with van der Waals surface area (Å²) in [5.74, 6) is -3.54. The van der Waals surface area contributed by atoms with Crippen LogP contribution in [-0.4, -0.2) is 5.84 Å². The Morgan fingerprint density at radius 3 is 2.31 bits per heavy atom. The number of hydrogen-bond donors (Lipinski definition) is 2. The number of rotatable bonds is 3.